The summed E-state index contributed by atoms with van der Waals surface area (Å²) in [4.78, 5) is 0. The van der Waals surface area contributed by atoms with E-state index in [1.54, 1.807) is 0 Å². The fraction of sp³-hybridized carbons (Fsp3) is 0.0769. The van der Waals surface area contributed by atoms with Gasteiger partial charge in [0.25, 0.3) is 0 Å². The third-order valence-corrected chi connectivity index (χ3v) is 3.67. The molecule has 1 unspecified atom stereocenters. The van der Waals surface area contributed by atoms with Crippen LogP contribution in [0.4, 0.5) is 22.0 Å². The molecule has 20 heavy (non-hydrogen) atoms. The molecule has 2 aromatic carbocycles. The summed E-state index contributed by atoms with van der Waals surface area (Å²) in [5, 5.41) is -1.63. The van der Waals surface area contributed by atoms with Crippen LogP contribution in [0.5, 0.6) is 0 Å². The molecule has 2 aromatic rings. The van der Waals surface area contributed by atoms with Crippen LogP contribution in [0.2, 0.25) is 0 Å². The number of benzene rings is 2. The zero-order chi connectivity index (χ0) is 15.0. The minimum Gasteiger partial charge on any atom is -0.207 e. The molecule has 0 aliphatic rings. The van der Waals surface area contributed by atoms with Gasteiger partial charge in [0, 0.05) is 23.3 Å². The van der Waals surface area contributed by atoms with Crippen LogP contribution in [0.25, 0.3) is 0 Å². The maximum atomic E-state index is 13.7. The van der Waals surface area contributed by atoms with E-state index in [1.165, 1.54) is 0 Å². The third kappa shape index (κ3) is 2.81. The van der Waals surface area contributed by atoms with Crippen molar-refractivity contribution in [3.63, 3.8) is 0 Å². The van der Waals surface area contributed by atoms with E-state index >= 15 is 0 Å². The highest BCUT2D eigenvalue weighted by Crippen LogP contribution is 2.36. The standard InChI is InChI=1S/C13H5BrClF5/c14-7-4-8(17)6(3-9(7)18)13(15)12-10(19)1-5(16)2-11(12)20/h1-4,13H. The molecule has 1 atom stereocenters. The van der Waals surface area contributed by atoms with Crippen molar-refractivity contribution in [1.29, 1.82) is 0 Å². The molecule has 0 saturated carbocycles. The predicted octanol–water partition coefficient (Wildman–Crippen LogP) is 5.47. The van der Waals surface area contributed by atoms with E-state index < -0.39 is 45.6 Å². The molecule has 0 saturated heterocycles. The summed E-state index contributed by atoms with van der Waals surface area (Å²) in [6.07, 6.45) is 0. The van der Waals surface area contributed by atoms with E-state index in [4.69, 9.17) is 11.6 Å². The second-order valence-corrected chi connectivity index (χ2v) is 5.22. The summed E-state index contributed by atoms with van der Waals surface area (Å²) in [6.45, 7) is 0. The first-order chi connectivity index (χ1) is 9.31. The van der Waals surface area contributed by atoms with Crippen LogP contribution in [-0.2, 0) is 0 Å². The molecule has 0 heterocycles. The zero-order valence-electron chi connectivity index (χ0n) is 9.53. The fourth-order valence-corrected chi connectivity index (χ4v) is 2.37. The molecule has 0 spiro atoms. The zero-order valence-corrected chi connectivity index (χ0v) is 11.9. The summed E-state index contributed by atoms with van der Waals surface area (Å²) < 4.78 is 66.9. The van der Waals surface area contributed by atoms with Gasteiger partial charge < -0.3 is 0 Å². The van der Waals surface area contributed by atoms with Gasteiger partial charge in [0.1, 0.15) is 29.1 Å². The van der Waals surface area contributed by atoms with Gasteiger partial charge in [-0.3, -0.25) is 0 Å². The normalized spacial score (nSPS) is 12.6. The van der Waals surface area contributed by atoms with Gasteiger partial charge >= 0.3 is 0 Å². The van der Waals surface area contributed by atoms with Crippen LogP contribution in [0, 0.1) is 29.1 Å². The molecule has 0 aliphatic carbocycles. The molecule has 0 amide bonds. The largest absolute Gasteiger partial charge is 0.207 e. The molecule has 7 heteroatoms. The van der Waals surface area contributed by atoms with Crippen molar-refractivity contribution in [2.75, 3.05) is 0 Å². The van der Waals surface area contributed by atoms with Crippen LogP contribution in [-0.4, -0.2) is 0 Å². The van der Waals surface area contributed by atoms with Crippen molar-refractivity contribution in [3.8, 4) is 0 Å². The molecule has 106 valence electrons. The van der Waals surface area contributed by atoms with E-state index in [9.17, 15) is 22.0 Å². The quantitative estimate of drug-likeness (QED) is 0.373. The summed E-state index contributed by atoms with van der Waals surface area (Å²) in [7, 11) is 0. The van der Waals surface area contributed by atoms with Crippen molar-refractivity contribution >= 4 is 27.5 Å². The molecular formula is C13H5BrClF5. The van der Waals surface area contributed by atoms with Crippen LogP contribution in [0.3, 0.4) is 0 Å². The lowest BCUT2D eigenvalue weighted by molar-refractivity contribution is 0.522. The molecule has 0 fully saturated rings. The fourth-order valence-electron chi connectivity index (χ4n) is 1.68. The number of rotatable bonds is 2. The minimum atomic E-state index is -1.63. The van der Waals surface area contributed by atoms with Gasteiger partial charge in [-0.1, -0.05) is 0 Å². The summed E-state index contributed by atoms with van der Waals surface area (Å²) >= 11 is 8.57. The smallest absolute Gasteiger partial charge is 0.137 e. The lowest BCUT2D eigenvalue weighted by Gasteiger charge is -2.14. The Labute approximate surface area is 124 Å². The minimum absolute atomic E-state index is 0.150. The number of hydrogen-bond donors (Lipinski definition) is 0. The van der Waals surface area contributed by atoms with Crippen molar-refractivity contribution in [1.82, 2.24) is 0 Å². The first-order valence-corrected chi connectivity index (χ1v) is 6.47. The van der Waals surface area contributed by atoms with Crippen molar-refractivity contribution in [3.05, 3.63) is 69.0 Å². The lowest BCUT2D eigenvalue weighted by atomic mass is 10.0. The van der Waals surface area contributed by atoms with Crippen LogP contribution >= 0.6 is 27.5 Å². The molecule has 0 radical (unpaired) electrons. The average molecular weight is 372 g/mol. The number of alkyl halides is 1. The Bertz CT molecular complexity index is 651. The van der Waals surface area contributed by atoms with Gasteiger partial charge in [-0.2, -0.15) is 0 Å². The molecule has 0 bridgehead atoms. The molecule has 0 N–H and O–H groups in total. The van der Waals surface area contributed by atoms with Crippen molar-refractivity contribution in [2.24, 2.45) is 0 Å². The van der Waals surface area contributed by atoms with E-state index in [0.29, 0.717) is 12.1 Å². The Morgan fingerprint density at radius 1 is 0.800 bits per heavy atom. The highest BCUT2D eigenvalue weighted by molar-refractivity contribution is 9.10. The molecule has 0 aromatic heterocycles. The first kappa shape index (κ1) is 15.3. The van der Waals surface area contributed by atoms with Crippen LogP contribution < -0.4 is 0 Å². The highest BCUT2D eigenvalue weighted by atomic mass is 79.9. The Balaban J connectivity index is 2.57. The Morgan fingerprint density at radius 3 is 1.90 bits per heavy atom. The Kier molecular flexibility index (Phi) is 4.34. The lowest BCUT2D eigenvalue weighted by Crippen LogP contribution is -2.05. The second-order valence-electron chi connectivity index (χ2n) is 3.93. The van der Waals surface area contributed by atoms with Gasteiger partial charge in [-0.15, -0.1) is 11.6 Å². The molecule has 0 nitrogen and oxygen atoms in total. The van der Waals surface area contributed by atoms with Gasteiger partial charge in [0.05, 0.1) is 9.85 Å². The molecular weight excluding hydrogens is 366 g/mol. The third-order valence-electron chi connectivity index (χ3n) is 2.61. The summed E-state index contributed by atoms with van der Waals surface area (Å²) in [6, 6.07) is 2.35. The van der Waals surface area contributed by atoms with Crippen LogP contribution in [0.15, 0.2) is 28.7 Å². The van der Waals surface area contributed by atoms with E-state index in [0.717, 1.165) is 12.1 Å². The maximum absolute atomic E-state index is 13.7. The van der Waals surface area contributed by atoms with Crippen LogP contribution in [0.1, 0.15) is 16.5 Å². The van der Waals surface area contributed by atoms with Crippen molar-refractivity contribution in [2.45, 2.75) is 5.38 Å². The van der Waals surface area contributed by atoms with Gasteiger partial charge in [-0.05, 0) is 28.1 Å². The first-order valence-electron chi connectivity index (χ1n) is 5.24. The van der Waals surface area contributed by atoms with Gasteiger partial charge in [0.2, 0.25) is 0 Å². The monoisotopic (exact) mass is 370 g/mol. The summed E-state index contributed by atoms with van der Waals surface area (Å²) in [5.74, 6) is -5.46. The van der Waals surface area contributed by atoms with E-state index in [2.05, 4.69) is 15.9 Å². The molecule has 0 aliphatic heterocycles. The molecule has 2 rings (SSSR count). The second kappa shape index (κ2) is 5.69. The Hall–Kier alpha value is -1.14. The summed E-state index contributed by atoms with van der Waals surface area (Å²) in [5.41, 5.74) is -1.19. The maximum Gasteiger partial charge on any atom is 0.137 e. The SMILES string of the molecule is Fc1cc(F)c(C(Cl)c2cc(F)c(Br)cc2F)c(F)c1. The van der Waals surface area contributed by atoms with Gasteiger partial charge in [0.15, 0.2) is 0 Å². The number of halogens is 7. The topological polar surface area (TPSA) is 0 Å². The Morgan fingerprint density at radius 2 is 1.35 bits per heavy atom. The average Bonchev–Trinajstić information content (AvgIpc) is 2.32. The van der Waals surface area contributed by atoms with Gasteiger partial charge in [-0.25, -0.2) is 22.0 Å². The van der Waals surface area contributed by atoms with E-state index in [-0.39, 0.29) is 4.47 Å². The van der Waals surface area contributed by atoms with Crippen molar-refractivity contribution < 1.29 is 22.0 Å². The number of hydrogen-bond acceptors (Lipinski definition) is 0. The van der Waals surface area contributed by atoms with E-state index in [1.807, 2.05) is 0 Å². The highest BCUT2D eigenvalue weighted by Gasteiger charge is 2.24. The predicted molar refractivity (Wildman–Crippen MR) is 68.1 cm³/mol.